The van der Waals surface area contributed by atoms with Crippen molar-refractivity contribution in [2.24, 2.45) is 7.05 Å². The number of nitrogens with zero attached hydrogens (tertiary/aromatic N) is 2. The lowest BCUT2D eigenvalue weighted by Crippen LogP contribution is -1.95. The smallest absolute Gasteiger partial charge is 0.141 e. The number of hydrogen-bond acceptors (Lipinski definition) is 1. The highest BCUT2D eigenvalue weighted by Crippen LogP contribution is 2.27. The summed E-state index contributed by atoms with van der Waals surface area (Å²) in [6, 6.07) is 8.15. The molecule has 1 aromatic heterocycles. The molecule has 0 aliphatic rings. The van der Waals surface area contributed by atoms with Crippen LogP contribution in [-0.2, 0) is 7.05 Å². The molecule has 0 saturated heterocycles. The molecule has 0 aliphatic carbocycles. The second kappa shape index (κ2) is 3.81. The van der Waals surface area contributed by atoms with Gasteiger partial charge in [-0.15, -0.1) is 0 Å². The number of imidazole rings is 1. The van der Waals surface area contributed by atoms with Gasteiger partial charge in [0.25, 0.3) is 0 Å². The highest BCUT2D eigenvalue weighted by Gasteiger charge is 2.11. The Morgan fingerprint density at radius 3 is 2.40 bits per heavy atom. The molecular formula is C12H13BrN2. The first-order valence-electron chi connectivity index (χ1n) is 4.86. The van der Waals surface area contributed by atoms with Crippen LogP contribution in [0.4, 0.5) is 0 Å². The molecule has 0 bridgehead atoms. The summed E-state index contributed by atoms with van der Waals surface area (Å²) < 4.78 is 3.20. The second-order valence-corrected chi connectivity index (χ2v) is 4.50. The Morgan fingerprint density at radius 2 is 1.87 bits per heavy atom. The van der Waals surface area contributed by atoms with Crippen LogP contribution in [0.3, 0.4) is 0 Å². The highest BCUT2D eigenvalue weighted by atomic mass is 79.9. The van der Waals surface area contributed by atoms with Crippen molar-refractivity contribution in [3.63, 3.8) is 0 Å². The van der Waals surface area contributed by atoms with Crippen LogP contribution in [0.1, 0.15) is 11.4 Å². The molecule has 0 amide bonds. The molecule has 2 aromatic rings. The van der Waals surface area contributed by atoms with Crippen molar-refractivity contribution in [1.29, 1.82) is 0 Å². The minimum absolute atomic E-state index is 1.01. The van der Waals surface area contributed by atoms with Gasteiger partial charge in [-0.05, 0) is 19.9 Å². The predicted octanol–water partition coefficient (Wildman–Crippen LogP) is 3.47. The van der Waals surface area contributed by atoms with Crippen molar-refractivity contribution in [2.75, 3.05) is 0 Å². The van der Waals surface area contributed by atoms with Gasteiger partial charge in [-0.1, -0.05) is 34.1 Å². The summed E-state index contributed by atoms with van der Waals surface area (Å²) in [5.41, 5.74) is 3.43. The summed E-state index contributed by atoms with van der Waals surface area (Å²) in [6.45, 7) is 4.12. The molecule has 0 aliphatic heterocycles. The van der Waals surface area contributed by atoms with Crippen LogP contribution in [0.15, 0.2) is 28.7 Å². The van der Waals surface area contributed by atoms with E-state index in [9.17, 15) is 0 Å². The molecule has 0 unspecified atom stereocenters. The monoisotopic (exact) mass is 264 g/mol. The molecule has 15 heavy (non-hydrogen) atoms. The first-order valence-corrected chi connectivity index (χ1v) is 5.65. The molecule has 3 heteroatoms. The Kier molecular flexibility index (Phi) is 2.65. The average molecular weight is 265 g/mol. The summed E-state index contributed by atoms with van der Waals surface area (Å²) in [4.78, 5) is 4.57. The van der Waals surface area contributed by atoms with Crippen molar-refractivity contribution >= 4 is 15.9 Å². The molecule has 0 N–H and O–H groups in total. The van der Waals surface area contributed by atoms with Crippen LogP contribution in [0.5, 0.6) is 0 Å². The van der Waals surface area contributed by atoms with E-state index in [-0.39, 0.29) is 0 Å². The fourth-order valence-electron chi connectivity index (χ4n) is 1.60. The van der Waals surface area contributed by atoms with E-state index in [1.807, 2.05) is 32.2 Å². The molecular weight excluding hydrogens is 252 g/mol. The number of hydrogen-bond donors (Lipinski definition) is 0. The molecule has 0 saturated carbocycles. The molecule has 1 aromatic carbocycles. The number of halogens is 1. The normalized spacial score (nSPS) is 10.7. The third-order valence-corrected chi connectivity index (χ3v) is 3.42. The van der Waals surface area contributed by atoms with E-state index in [2.05, 4.69) is 38.5 Å². The van der Waals surface area contributed by atoms with Gasteiger partial charge in [-0.25, -0.2) is 4.98 Å². The SMILES string of the molecule is Cc1nc(-c2ccccc2Br)n(C)c1C. The first-order chi connectivity index (χ1) is 7.11. The van der Waals surface area contributed by atoms with Gasteiger partial charge in [0.15, 0.2) is 0 Å². The van der Waals surface area contributed by atoms with Gasteiger partial charge in [0.1, 0.15) is 5.82 Å². The van der Waals surface area contributed by atoms with Gasteiger partial charge < -0.3 is 4.57 Å². The standard InChI is InChI=1S/C12H13BrN2/c1-8-9(2)15(3)12(14-8)10-6-4-5-7-11(10)13/h4-7H,1-3H3. The molecule has 0 atom stereocenters. The third kappa shape index (κ3) is 1.72. The van der Waals surface area contributed by atoms with Crippen LogP contribution in [0.2, 0.25) is 0 Å². The van der Waals surface area contributed by atoms with Gasteiger partial charge in [-0.3, -0.25) is 0 Å². The molecule has 1 heterocycles. The van der Waals surface area contributed by atoms with Crippen LogP contribution >= 0.6 is 15.9 Å². The van der Waals surface area contributed by atoms with E-state index in [1.54, 1.807) is 0 Å². The average Bonchev–Trinajstić information content (AvgIpc) is 2.47. The number of rotatable bonds is 1. The van der Waals surface area contributed by atoms with Crippen LogP contribution in [0, 0.1) is 13.8 Å². The van der Waals surface area contributed by atoms with Crippen molar-refractivity contribution in [2.45, 2.75) is 13.8 Å². The van der Waals surface area contributed by atoms with Crippen molar-refractivity contribution in [3.05, 3.63) is 40.1 Å². The molecule has 0 radical (unpaired) electrons. The zero-order chi connectivity index (χ0) is 11.0. The second-order valence-electron chi connectivity index (χ2n) is 3.65. The predicted molar refractivity (Wildman–Crippen MR) is 65.8 cm³/mol. The Morgan fingerprint density at radius 1 is 1.20 bits per heavy atom. The summed E-state index contributed by atoms with van der Waals surface area (Å²) in [7, 11) is 2.05. The summed E-state index contributed by atoms with van der Waals surface area (Å²) in [6.07, 6.45) is 0. The van der Waals surface area contributed by atoms with Gasteiger partial charge in [-0.2, -0.15) is 0 Å². The van der Waals surface area contributed by atoms with E-state index in [0.29, 0.717) is 0 Å². The van der Waals surface area contributed by atoms with Gasteiger partial charge >= 0.3 is 0 Å². The zero-order valence-electron chi connectivity index (χ0n) is 9.08. The fourth-order valence-corrected chi connectivity index (χ4v) is 2.06. The summed E-state index contributed by atoms with van der Waals surface area (Å²) >= 11 is 3.55. The number of benzene rings is 1. The Hall–Kier alpha value is -1.09. The molecule has 0 fully saturated rings. The number of aromatic nitrogens is 2. The van der Waals surface area contributed by atoms with Crippen molar-refractivity contribution in [1.82, 2.24) is 9.55 Å². The first kappa shape index (κ1) is 10.4. The number of aryl methyl sites for hydroxylation is 1. The van der Waals surface area contributed by atoms with Crippen LogP contribution in [-0.4, -0.2) is 9.55 Å². The van der Waals surface area contributed by atoms with Crippen LogP contribution in [0.25, 0.3) is 11.4 Å². The third-order valence-electron chi connectivity index (χ3n) is 2.73. The Labute approximate surface area is 98.1 Å². The largest absolute Gasteiger partial charge is 0.331 e. The molecule has 2 nitrogen and oxygen atoms in total. The van der Waals surface area contributed by atoms with Crippen LogP contribution < -0.4 is 0 Å². The van der Waals surface area contributed by atoms with Gasteiger partial charge in [0, 0.05) is 22.8 Å². The lowest BCUT2D eigenvalue weighted by molar-refractivity contribution is 0.880. The quantitative estimate of drug-likeness (QED) is 0.772. The van der Waals surface area contributed by atoms with E-state index >= 15 is 0 Å². The van der Waals surface area contributed by atoms with Gasteiger partial charge in [0.05, 0.1) is 5.69 Å². The molecule has 2 rings (SSSR count). The fraction of sp³-hybridized carbons (Fsp3) is 0.250. The van der Waals surface area contributed by atoms with Crippen molar-refractivity contribution in [3.8, 4) is 11.4 Å². The van der Waals surface area contributed by atoms with E-state index in [0.717, 1.165) is 21.6 Å². The van der Waals surface area contributed by atoms with E-state index < -0.39 is 0 Å². The Bertz CT molecular complexity index is 500. The highest BCUT2D eigenvalue weighted by molar-refractivity contribution is 9.10. The van der Waals surface area contributed by atoms with E-state index in [1.165, 1.54) is 5.69 Å². The lowest BCUT2D eigenvalue weighted by atomic mass is 10.2. The molecule has 78 valence electrons. The zero-order valence-corrected chi connectivity index (χ0v) is 10.7. The maximum atomic E-state index is 4.57. The minimum atomic E-state index is 1.01. The minimum Gasteiger partial charge on any atom is -0.331 e. The van der Waals surface area contributed by atoms with Gasteiger partial charge in [0.2, 0.25) is 0 Å². The summed E-state index contributed by atoms with van der Waals surface area (Å²) in [5.74, 6) is 1.01. The lowest BCUT2D eigenvalue weighted by Gasteiger charge is -2.04. The van der Waals surface area contributed by atoms with E-state index in [4.69, 9.17) is 0 Å². The topological polar surface area (TPSA) is 17.8 Å². The Balaban J connectivity index is 2.65. The maximum absolute atomic E-state index is 4.57. The molecule has 0 spiro atoms. The van der Waals surface area contributed by atoms with Crippen molar-refractivity contribution < 1.29 is 0 Å². The summed E-state index contributed by atoms with van der Waals surface area (Å²) in [5, 5.41) is 0. The maximum Gasteiger partial charge on any atom is 0.141 e.